The predicted molar refractivity (Wildman–Crippen MR) is 60.5 cm³/mol. The number of rotatable bonds is 2. The van der Waals surface area contributed by atoms with Crippen LogP contribution in [0.1, 0.15) is 38.5 Å². The van der Waals surface area contributed by atoms with E-state index >= 15 is 0 Å². The summed E-state index contributed by atoms with van der Waals surface area (Å²) in [5, 5.41) is 0. The average Bonchev–Trinajstić information content (AvgIpc) is 2.17. The summed E-state index contributed by atoms with van der Waals surface area (Å²) in [7, 11) is 1.83. The van der Waals surface area contributed by atoms with E-state index in [0.717, 1.165) is 24.4 Å². The molecule has 3 aliphatic carbocycles. The second-order valence-electron chi connectivity index (χ2n) is 6.02. The molecule has 3 saturated carbocycles. The van der Waals surface area contributed by atoms with Crippen LogP contribution in [-0.4, -0.2) is 19.8 Å². The third-order valence-electron chi connectivity index (χ3n) is 5.52. The van der Waals surface area contributed by atoms with E-state index in [9.17, 15) is 0 Å². The van der Waals surface area contributed by atoms with Crippen molar-refractivity contribution in [3.8, 4) is 0 Å². The fourth-order valence-corrected chi connectivity index (χ4v) is 4.70. The average molecular weight is 209 g/mol. The van der Waals surface area contributed by atoms with E-state index < -0.39 is 0 Å². The number of hydrogen-bond acceptors (Lipinski definition) is 2. The first-order valence-electron chi connectivity index (χ1n) is 6.52. The van der Waals surface area contributed by atoms with Crippen molar-refractivity contribution < 1.29 is 4.74 Å². The number of methoxy groups -OCH3 is 1. The SMILES string of the molecule is COCC1CCC[C@]2(C1)[C@H](N)C1CC[C@@H]12. The Hall–Kier alpha value is -0.0800. The van der Waals surface area contributed by atoms with Gasteiger partial charge in [-0.1, -0.05) is 6.42 Å². The van der Waals surface area contributed by atoms with Crippen molar-refractivity contribution in [3.05, 3.63) is 0 Å². The lowest BCUT2D eigenvalue weighted by molar-refractivity contribution is -0.171. The van der Waals surface area contributed by atoms with Gasteiger partial charge in [0.15, 0.2) is 0 Å². The van der Waals surface area contributed by atoms with E-state index in [0.29, 0.717) is 11.5 Å². The first-order valence-corrected chi connectivity index (χ1v) is 6.52. The van der Waals surface area contributed by atoms with Crippen molar-refractivity contribution in [2.24, 2.45) is 28.9 Å². The van der Waals surface area contributed by atoms with Gasteiger partial charge in [-0.05, 0) is 55.3 Å². The molecule has 0 radical (unpaired) electrons. The molecule has 0 saturated heterocycles. The molecule has 0 aromatic carbocycles. The molecule has 2 nitrogen and oxygen atoms in total. The molecule has 0 aliphatic heterocycles. The molecular formula is C13H23NO. The molecule has 15 heavy (non-hydrogen) atoms. The van der Waals surface area contributed by atoms with Gasteiger partial charge in [-0.3, -0.25) is 0 Å². The number of fused-ring (bicyclic) bond motifs is 2. The minimum Gasteiger partial charge on any atom is -0.384 e. The normalized spacial score (nSPS) is 53.2. The summed E-state index contributed by atoms with van der Waals surface area (Å²) in [6.07, 6.45) is 8.35. The van der Waals surface area contributed by atoms with E-state index in [4.69, 9.17) is 10.5 Å². The van der Waals surface area contributed by atoms with Crippen LogP contribution in [0.15, 0.2) is 0 Å². The van der Waals surface area contributed by atoms with Crippen LogP contribution < -0.4 is 5.73 Å². The summed E-state index contributed by atoms with van der Waals surface area (Å²) < 4.78 is 5.32. The van der Waals surface area contributed by atoms with Gasteiger partial charge in [-0.15, -0.1) is 0 Å². The van der Waals surface area contributed by atoms with E-state index in [-0.39, 0.29) is 0 Å². The smallest absolute Gasteiger partial charge is 0.0490 e. The zero-order chi connectivity index (χ0) is 10.5. The molecule has 0 aromatic rings. The molecule has 2 N–H and O–H groups in total. The van der Waals surface area contributed by atoms with Crippen molar-refractivity contribution in [2.75, 3.05) is 13.7 Å². The Labute approximate surface area is 92.6 Å². The predicted octanol–water partition coefficient (Wildman–Crippen LogP) is 2.18. The maximum absolute atomic E-state index is 6.39. The van der Waals surface area contributed by atoms with Gasteiger partial charge in [-0.2, -0.15) is 0 Å². The van der Waals surface area contributed by atoms with Crippen molar-refractivity contribution in [1.29, 1.82) is 0 Å². The number of hydrogen-bond donors (Lipinski definition) is 1. The van der Waals surface area contributed by atoms with Crippen LogP contribution in [0.2, 0.25) is 0 Å². The monoisotopic (exact) mass is 209 g/mol. The summed E-state index contributed by atoms with van der Waals surface area (Å²) >= 11 is 0. The fraction of sp³-hybridized carbons (Fsp3) is 1.00. The maximum Gasteiger partial charge on any atom is 0.0490 e. The van der Waals surface area contributed by atoms with E-state index in [1.165, 1.54) is 38.5 Å². The Morgan fingerprint density at radius 2 is 2.20 bits per heavy atom. The van der Waals surface area contributed by atoms with E-state index in [1.54, 1.807) is 0 Å². The first kappa shape index (κ1) is 10.1. The third-order valence-corrected chi connectivity index (χ3v) is 5.52. The zero-order valence-corrected chi connectivity index (χ0v) is 9.74. The molecule has 2 unspecified atom stereocenters. The highest BCUT2D eigenvalue weighted by atomic mass is 16.5. The summed E-state index contributed by atoms with van der Waals surface area (Å²) in [6, 6.07) is 0.524. The Balaban J connectivity index is 1.70. The van der Waals surface area contributed by atoms with Gasteiger partial charge in [0.2, 0.25) is 0 Å². The van der Waals surface area contributed by atoms with Gasteiger partial charge >= 0.3 is 0 Å². The van der Waals surface area contributed by atoms with Gasteiger partial charge in [0.05, 0.1) is 0 Å². The fourth-order valence-electron chi connectivity index (χ4n) is 4.70. The molecule has 3 fully saturated rings. The minimum atomic E-state index is 0.524. The van der Waals surface area contributed by atoms with Crippen LogP contribution >= 0.6 is 0 Å². The molecule has 3 aliphatic rings. The van der Waals surface area contributed by atoms with Crippen molar-refractivity contribution >= 4 is 0 Å². The Morgan fingerprint density at radius 3 is 2.80 bits per heavy atom. The highest BCUT2D eigenvalue weighted by Crippen LogP contribution is 2.66. The highest BCUT2D eigenvalue weighted by molar-refractivity contribution is 5.16. The summed E-state index contributed by atoms with van der Waals surface area (Å²) in [5.41, 5.74) is 6.94. The van der Waals surface area contributed by atoms with Crippen LogP contribution in [0.5, 0.6) is 0 Å². The van der Waals surface area contributed by atoms with E-state index in [2.05, 4.69) is 0 Å². The van der Waals surface area contributed by atoms with Gasteiger partial charge in [0, 0.05) is 19.8 Å². The standard InChI is InChI=1S/C13H23NO/c1-15-8-9-3-2-6-13(7-9)11-5-4-10(11)12(13)14/h9-12H,2-8,14H2,1H3/t9?,10?,11-,12+,13+/m0/s1. The summed E-state index contributed by atoms with van der Waals surface area (Å²) in [4.78, 5) is 0. The van der Waals surface area contributed by atoms with Crippen LogP contribution in [0, 0.1) is 23.2 Å². The molecular weight excluding hydrogens is 186 g/mol. The quantitative estimate of drug-likeness (QED) is 0.756. The second kappa shape index (κ2) is 3.46. The zero-order valence-electron chi connectivity index (χ0n) is 9.74. The minimum absolute atomic E-state index is 0.524. The molecule has 0 heterocycles. The summed E-state index contributed by atoms with van der Waals surface area (Å²) in [6.45, 7) is 0.950. The second-order valence-corrected chi connectivity index (χ2v) is 6.02. The van der Waals surface area contributed by atoms with E-state index in [1.807, 2.05) is 7.11 Å². The lowest BCUT2D eigenvalue weighted by atomic mass is 9.38. The largest absolute Gasteiger partial charge is 0.384 e. The molecule has 2 heteroatoms. The molecule has 86 valence electrons. The van der Waals surface area contributed by atoms with Crippen molar-refractivity contribution in [3.63, 3.8) is 0 Å². The van der Waals surface area contributed by atoms with Gasteiger partial charge in [0.25, 0.3) is 0 Å². The third kappa shape index (κ3) is 1.24. The molecule has 5 atom stereocenters. The topological polar surface area (TPSA) is 35.2 Å². The van der Waals surface area contributed by atoms with Gasteiger partial charge < -0.3 is 10.5 Å². The molecule has 3 rings (SSSR count). The van der Waals surface area contributed by atoms with Crippen LogP contribution in [0.3, 0.4) is 0 Å². The lowest BCUT2D eigenvalue weighted by Crippen LogP contribution is -2.70. The molecule has 0 amide bonds. The Morgan fingerprint density at radius 1 is 1.33 bits per heavy atom. The number of nitrogens with two attached hydrogens (primary N) is 1. The maximum atomic E-state index is 6.39. The van der Waals surface area contributed by atoms with Crippen LogP contribution in [0.25, 0.3) is 0 Å². The Kier molecular flexibility index (Phi) is 2.33. The number of ether oxygens (including phenoxy) is 1. The highest BCUT2D eigenvalue weighted by Gasteiger charge is 2.64. The Bertz CT molecular complexity index is 245. The van der Waals surface area contributed by atoms with Crippen LogP contribution in [-0.2, 0) is 4.74 Å². The van der Waals surface area contributed by atoms with Crippen LogP contribution in [0.4, 0.5) is 0 Å². The molecule has 0 bridgehead atoms. The lowest BCUT2D eigenvalue weighted by Gasteiger charge is -2.68. The van der Waals surface area contributed by atoms with Gasteiger partial charge in [-0.25, -0.2) is 0 Å². The molecule has 0 aromatic heterocycles. The van der Waals surface area contributed by atoms with Crippen molar-refractivity contribution in [2.45, 2.75) is 44.6 Å². The van der Waals surface area contributed by atoms with Gasteiger partial charge in [0.1, 0.15) is 0 Å². The summed E-state index contributed by atoms with van der Waals surface area (Å²) in [5.74, 6) is 2.68. The first-order chi connectivity index (χ1) is 7.28. The van der Waals surface area contributed by atoms with Crippen molar-refractivity contribution in [1.82, 2.24) is 0 Å². The molecule has 1 spiro atoms.